The van der Waals surface area contributed by atoms with Crippen LogP contribution in [0.25, 0.3) is 6.08 Å². The van der Waals surface area contributed by atoms with E-state index in [1.807, 2.05) is 0 Å². The Hall–Kier alpha value is -1.92. The fraction of sp³-hybridized carbons (Fsp3) is 0. The number of tetrazole rings is 1. The molecule has 1 aromatic heterocycles. The Bertz CT molecular complexity index is 594. The van der Waals surface area contributed by atoms with E-state index in [4.69, 9.17) is 23.2 Å². The summed E-state index contributed by atoms with van der Waals surface area (Å²) in [5.74, 6) is -0.513. The number of nitrogens with one attached hydrogen (secondary N) is 1. The van der Waals surface area contributed by atoms with Gasteiger partial charge in [0.05, 0.1) is 10.0 Å². The van der Waals surface area contributed by atoms with Crippen molar-refractivity contribution in [3.63, 3.8) is 0 Å². The average molecular weight is 283 g/mol. The molecular weight excluding hydrogens is 277 g/mol. The molecule has 0 fully saturated rings. The third-order valence-corrected chi connectivity index (χ3v) is 2.65. The van der Waals surface area contributed by atoms with Crippen molar-refractivity contribution in [2.75, 3.05) is 0 Å². The summed E-state index contributed by atoms with van der Waals surface area (Å²) in [6.45, 7) is 0. The Morgan fingerprint density at radius 2 is 2.17 bits per heavy atom. The molecule has 0 aliphatic carbocycles. The van der Waals surface area contributed by atoms with Gasteiger partial charge in [0, 0.05) is 0 Å². The molecule has 0 atom stereocenters. The van der Waals surface area contributed by atoms with Crippen LogP contribution in [0.5, 0.6) is 0 Å². The molecule has 1 heterocycles. The molecule has 0 spiro atoms. The zero-order valence-corrected chi connectivity index (χ0v) is 10.4. The number of aromatic nitrogens is 4. The molecule has 0 radical (unpaired) electrons. The number of halogens is 2. The van der Waals surface area contributed by atoms with E-state index in [1.54, 1.807) is 24.3 Å². The van der Waals surface area contributed by atoms with Crippen LogP contribution in [0.1, 0.15) is 5.56 Å². The van der Waals surface area contributed by atoms with Gasteiger partial charge in [-0.3, -0.25) is 0 Å². The molecule has 8 heteroatoms. The number of nitrogens with zero attached hydrogens (tertiary/aromatic N) is 4. The van der Waals surface area contributed by atoms with Gasteiger partial charge in [-0.15, -0.1) is 5.10 Å². The van der Waals surface area contributed by atoms with Crippen LogP contribution in [0.3, 0.4) is 0 Å². The van der Waals surface area contributed by atoms with Gasteiger partial charge in [0.1, 0.15) is 0 Å². The second-order valence-corrected chi connectivity index (χ2v) is 3.98. The number of hydrogen-bond donors (Lipinski definition) is 1. The van der Waals surface area contributed by atoms with Gasteiger partial charge < -0.3 is 5.11 Å². The highest BCUT2D eigenvalue weighted by Crippen LogP contribution is 2.23. The second kappa shape index (κ2) is 5.61. The molecule has 2 rings (SSSR count). The van der Waals surface area contributed by atoms with Crippen LogP contribution in [-0.2, 0) is 0 Å². The normalized spacial score (nSPS) is 12.2. The highest BCUT2D eigenvalue weighted by atomic mass is 35.5. The molecule has 92 valence electrons. The summed E-state index contributed by atoms with van der Waals surface area (Å²) < 4.78 is 0. The van der Waals surface area contributed by atoms with Crippen LogP contribution in [-0.4, -0.2) is 26.5 Å². The minimum atomic E-state index is -0.498. The van der Waals surface area contributed by atoms with Crippen LogP contribution in [0, 0.1) is 0 Å². The molecule has 0 saturated heterocycles. The first-order valence-corrected chi connectivity index (χ1v) is 5.53. The second-order valence-electron chi connectivity index (χ2n) is 3.17. The number of benzene rings is 1. The lowest BCUT2D eigenvalue weighted by molar-refractivity contribution is -0.211. The zero-order chi connectivity index (χ0) is 13.0. The molecule has 1 aromatic carbocycles. The van der Waals surface area contributed by atoms with Crippen molar-refractivity contribution in [3.05, 3.63) is 39.9 Å². The third-order valence-electron chi connectivity index (χ3n) is 1.91. The SMILES string of the molecule is [O-]C(C=Cc1ccc(Cl)c(Cl)c1)=Nc1nn[nH]n1. The van der Waals surface area contributed by atoms with Crippen molar-refractivity contribution < 1.29 is 5.11 Å². The van der Waals surface area contributed by atoms with Gasteiger partial charge in [-0.05, 0) is 28.8 Å². The third kappa shape index (κ3) is 3.28. The van der Waals surface area contributed by atoms with E-state index in [0.29, 0.717) is 10.0 Å². The summed E-state index contributed by atoms with van der Waals surface area (Å²) in [6.07, 6.45) is 2.84. The summed E-state index contributed by atoms with van der Waals surface area (Å²) in [7, 11) is 0. The molecule has 6 nitrogen and oxygen atoms in total. The van der Waals surface area contributed by atoms with Crippen LogP contribution in [0.15, 0.2) is 29.3 Å². The molecular formula is C10H6Cl2N5O-. The minimum Gasteiger partial charge on any atom is -0.859 e. The van der Waals surface area contributed by atoms with Gasteiger partial charge in [-0.2, -0.15) is 5.21 Å². The maximum Gasteiger partial charge on any atom is 0.288 e. The van der Waals surface area contributed by atoms with E-state index in [2.05, 4.69) is 25.6 Å². The molecule has 2 aromatic rings. The molecule has 0 aliphatic heterocycles. The lowest BCUT2D eigenvalue weighted by Crippen LogP contribution is -2.13. The lowest BCUT2D eigenvalue weighted by Gasteiger charge is -2.02. The van der Waals surface area contributed by atoms with E-state index >= 15 is 0 Å². The van der Waals surface area contributed by atoms with Crippen molar-refractivity contribution in [1.82, 2.24) is 20.6 Å². The maximum atomic E-state index is 11.4. The summed E-state index contributed by atoms with van der Waals surface area (Å²) in [6, 6.07) is 5.01. The first-order valence-electron chi connectivity index (χ1n) is 4.77. The molecule has 0 saturated carbocycles. The van der Waals surface area contributed by atoms with Crippen LogP contribution in [0.4, 0.5) is 5.95 Å². The van der Waals surface area contributed by atoms with Gasteiger partial charge in [-0.25, -0.2) is 4.99 Å². The summed E-state index contributed by atoms with van der Waals surface area (Å²) in [5, 5.41) is 24.8. The molecule has 0 unspecified atom stereocenters. The van der Waals surface area contributed by atoms with Gasteiger partial charge in [0.15, 0.2) is 0 Å². The van der Waals surface area contributed by atoms with Crippen LogP contribution in [0.2, 0.25) is 10.0 Å². The number of rotatable bonds is 3. The summed E-state index contributed by atoms with van der Waals surface area (Å²) in [4.78, 5) is 3.57. The fourth-order valence-electron chi connectivity index (χ4n) is 1.12. The Morgan fingerprint density at radius 3 is 2.83 bits per heavy atom. The van der Waals surface area contributed by atoms with Crippen molar-refractivity contribution in [2.45, 2.75) is 0 Å². The standard InChI is InChI=1S/C10H7Cl2N5O/c11-7-3-1-6(5-8(7)12)2-4-9(18)13-10-14-16-17-15-10/h1-5H,(H2,13,14,15,16,17,18)/p-1. The summed E-state index contributed by atoms with van der Waals surface area (Å²) >= 11 is 11.6. The Balaban J connectivity index is 2.13. The fourth-order valence-corrected chi connectivity index (χ4v) is 1.43. The van der Waals surface area contributed by atoms with Crippen LogP contribution < -0.4 is 5.11 Å². The van der Waals surface area contributed by atoms with E-state index in [9.17, 15) is 5.11 Å². The number of aliphatic imine (C=N–C) groups is 1. The summed E-state index contributed by atoms with van der Waals surface area (Å²) in [5.41, 5.74) is 0.737. The van der Waals surface area contributed by atoms with Crippen molar-refractivity contribution in [3.8, 4) is 0 Å². The molecule has 18 heavy (non-hydrogen) atoms. The molecule has 0 aliphatic rings. The topological polar surface area (TPSA) is 89.9 Å². The Kier molecular flexibility index (Phi) is 3.91. The van der Waals surface area contributed by atoms with Crippen molar-refractivity contribution >= 4 is 41.1 Å². The number of H-pyrrole nitrogens is 1. The number of aromatic amines is 1. The quantitative estimate of drug-likeness (QED) is 0.684. The predicted molar refractivity (Wildman–Crippen MR) is 66.8 cm³/mol. The lowest BCUT2D eigenvalue weighted by atomic mass is 10.2. The zero-order valence-electron chi connectivity index (χ0n) is 8.84. The highest BCUT2D eigenvalue weighted by Gasteiger charge is 1.96. The minimum absolute atomic E-state index is 0.0150. The van der Waals surface area contributed by atoms with Gasteiger partial charge in [0.25, 0.3) is 5.95 Å². The maximum absolute atomic E-state index is 11.4. The molecule has 1 N–H and O–H groups in total. The van der Waals surface area contributed by atoms with Crippen LogP contribution >= 0.6 is 23.2 Å². The van der Waals surface area contributed by atoms with Gasteiger partial charge >= 0.3 is 0 Å². The van der Waals surface area contributed by atoms with E-state index in [-0.39, 0.29) is 5.95 Å². The smallest absolute Gasteiger partial charge is 0.288 e. The Labute approximate surface area is 112 Å². The van der Waals surface area contributed by atoms with E-state index < -0.39 is 5.90 Å². The predicted octanol–water partition coefficient (Wildman–Crippen LogP) is 1.61. The first kappa shape index (κ1) is 12.5. The largest absolute Gasteiger partial charge is 0.859 e. The molecule has 0 amide bonds. The highest BCUT2D eigenvalue weighted by molar-refractivity contribution is 6.42. The first-order chi connectivity index (χ1) is 8.65. The van der Waals surface area contributed by atoms with Gasteiger partial charge in [-0.1, -0.05) is 46.5 Å². The average Bonchev–Trinajstić information content (AvgIpc) is 2.83. The van der Waals surface area contributed by atoms with Crippen molar-refractivity contribution in [2.24, 2.45) is 4.99 Å². The monoisotopic (exact) mass is 282 g/mol. The molecule has 0 bridgehead atoms. The van der Waals surface area contributed by atoms with Crippen molar-refractivity contribution in [1.29, 1.82) is 0 Å². The van der Waals surface area contributed by atoms with Gasteiger partial charge in [0.2, 0.25) is 0 Å². The Morgan fingerprint density at radius 1 is 1.33 bits per heavy atom. The number of hydrogen-bond acceptors (Lipinski definition) is 5. The van der Waals surface area contributed by atoms with E-state index in [1.165, 1.54) is 6.08 Å². The van der Waals surface area contributed by atoms with E-state index in [0.717, 1.165) is 5.56 Å².